The summed E-state index contributed by atoms with van der Waals surface area (Å²) in [5, 5.41) is 0. The van der Waals surface area contributed by atoms with E-state index in [0.29, 0.717) is 17.0 Å². The average Bonchev–Trinajstić information content (AvgIpc) is 2.76. The second-order valence-electron chi connectivity index (χ2n) is 4.49. The van der Waals surface area contributed by atoms with Gasteiger partial charge in [-0.2, -0.15) is 0 Å². The van der Waals surface area contributed by atoms with E-state index in [0.717, 1.165) is 17.3 Å². The first-order valence-electron chi connectivity index (χ1n) is 5.84. The molecule has 2 aromatic heterocycles. The van der Waals surface area contributed by atoms with Crippen molar-refractivity contribution in [3.05, 3.63) is 47.2 Å². The Bertz CT molecular complexity index is 778. The van der Waals surface area contributed by atoms with Crippen molar-refractivity contribution in [2.24, 2.45) is 0 Å². The van der Waals surface area contributed by atoms with Crippen LogP contribution in [0.1, 0.15) is 11.3 Å². The summed E-state index contributed by atoms with van der Waals surface area (Å²) in [4.78, 5) is 11.5. The van der Waals surface area contributed by atoms with Crippen molar-refractivity contribution in [2.45, 2.75) is 13.8 Å². The van der Waals surface area contributed by atoms with Gasteiger partial charge in [0.25, 0.3) is 0 Å². The lowest BCUT2D eigenvalue weighted by Crippen LogP contribution is -1.91. The molecular formula is C14H11F2N3. The number of pyridine rings is 1. The standard InChI is InChI=1S/C14H11F2N3/c1-7-5-9(11(16)6-10(7)15)13-18-12-4-3-8(2)17-14(12)19-13/h3-6H,1-2H3,(H,17,18,19). The van der Waals surface area contributed by atoms with Crippen LogP contribution in [0.5, 0.6) is 0 Å². The van der Waals surface area contributed by atoms with Crippen molar-refractivity contribution >= 4 is 11.2 Å². The largest absolute Gasteiger partial charge is 0.336 e. The number of fused-ring (bicyclic) bond motifs is 1. The van der Waals surface area contributed by atoms with Gasteiger partial charge in [0, 0.05) is 11.8 Å². The van der Waals surface area contributed by atoms with Crippen molar-refractivity contribution in [1.29, 1.82) is 0 Å². The highest BCUT2D eigenvalue weighted by Gasteiger charge is 2.13. The molecule has 3 rings (SSSR count). The molecule has 0 bridgehead atoms. The average molecular weight is 259 g/mol. The molecule has 0 amide bonds. The van der Waals surface area contributed by atoms with Crippen molar-refractivity contribution in [3.8, 4) is 11.4 Å². The molecule has 0 atom stereocenters. The molecule has 5 heteroatoms. The maximum Gasteiger partial charge on any atom is 0.178 e. The fourth-order valence-corrected chi connectivity index (χ4v) is 1.95. The minimum absolute atomic E-state index is 0.245. The Kier molecular flexibility index (Phi) is 2.55. The number of benzene rings is 1. The van der Waals surface area contributed by atoms with Gasteiger partial charge < -0.3 is 4.98 Å². The van der Waals surface area contributed by atoms with Crippen LogP contribution in [0.15, 0.2) is 24.3 Å². The lowest BCUT2D eigenvalue weighted by molar-refractivity contribution is 0.579. The van der Waals surface area contributed by atoms with Crippen molar-refractivity contribution in [1.82, 2.24) is 15.0 Å². The number of hydrogen-bond acceptors (Lipinski definition) is 2. The van der Waals surface area contributed by atoms with Crippen LogP contribution in [-0.4, -0.2) is 15.0 Å². The molecule has 0 fully saturated rings. The lowest BCUT2D eigenvalue weighted by atomic mass is 10.1. The number of hydrogen-bond donors (Lipinski definition) is 1. The number of aromatic nitrogens is 3. The van der Waals surface area contributed by atoms with E-state index in [1.807, 2.05) is 19.1 Å². The molecule has 1 N–H and O–H groups in total. The number of imidazole rings is 1. The fourth-order valence-electron chi connectivity index (χ4n) is 1.95. The third kappa shape index (κ3) is 1.97. The Balaban J connectivity index is 2.21. The molecule has 3 nitrogen and oxygen atoms in total. The quantitative estimate of drug-likeness (QED) is 0.726. The normalized spacial score (nSPS) is 11.2. The summed E-state index contributed by atoms with van der Waals surface area (Å²) in [5.41, 5.74) is 2.70. The highest BCUT2D eigenvalue weighted by atomic mass is 19.1. The highest BCUT2D eigenvalue weighted by Crippen LogP contribution is 2.25. The molecule has 96 valence electrons. The zero-order valence-corrected chi connectivity index (χ0v) is 10.5. The monoisotopic (exact) mass is 259 g/mol. The van der Waals surface area contributed by atoms with Gasteiger partial charge in [0.05, 0.1) is 11.1 Å². The van der Waals surface area contributed by atoms with E-state index in [-0.39, 0.29) is 5.56 Å². The van der Waals surface area contributed by atoms with Gasteiger partial charge in [-0.1, -0.05) is 0 Å². The third-order valence-electron chi connectivity index (χ3n) is 2.99. The SMILES string of the molecule is Cc1ccc2[nH]c(-c3cc(C)c(F)cc3F)nc2n1. The van der Waals surface area contributed by atoms with E-state index in [4.69, 9.17) is 0 Å². The maximum absolute atomic E-state index is 13.8. The van der Waals surface area contributed by atoms with Gasteiger partial charge in [0.15, 0.2) is 5.65 Å². The molecule has 0 radical (unpaired) electrons. The summed E-state index contributed by atoms with van der Waals surface area (Å²) in [7, 11) is 0. The molecular weight excluding hydrogens is 248 g/mol. The molecule has 0 saturated heterocycles. The summed E-state index contributed by atoms with van der Waals surface area (Å²) in [6.45, 7) is 3.44. The van der Waals surface area contributed by atoms with E-state index >= 15 is 0 Å². The third-order valence-corrected chi connectivity index (χ3v) is 2.99. The van der Waals surface area contributed by atoms with E-state index in [2.05, 4.69) is 15.0 Å². The van der Waals surface area contributed by atoms with E-state index in [9.17, 15) is 8.78 Å². The topological polar surface area (TPSA) is 41.6 Å². The zero-order valence-electron chi connectivity index (χ0n) is 10.5. The Hall–Kier alpha value is -2.30. The number of rotatable bonds is 1. The van der Waals surface area contributed by atoms with Crippen molar-refractivity contribution in [3.63, 3.8) is 0 Å². The first-order chi connectivity index (χ1) is 9.04. The van der Waals surface area contributed by atoms with E-state index < -0.39 is 11.6 Å². The first kappa shape index (κ1) is 11.8. The fraction of sp³-hybridized carbons (Fsp3) is 0.143. The molecule has 0 saturated carbocycles. The number of nitrogens with one attached hydrogen (secondary N) is 1. The number of H-pyrrole nitrogens is 1. The van der Waals surface area contributed by atoms with Gasteiger partial charge in [-0.05, 0) is 37.6 Å². The van der Waals surface area contributed by atoms with Gasteiger partial charge in [0.1, 0.15) is 17.5 Å². The van der Waals surface area contributed by atoms with Gasteiger partial charge in [-0.15, -0.1) is 0 Å². The van der Waals surface area contributed by atoms with Gasteiger partial charge >= 0.3 is 0 Å². The number of halogens is 2. The second-order valence-corrected chi connectivity index (χ2v) is 4.49. The van der Waals surface area contributed by atoms with Crippen LogP contribution in [0, 0.1) is 25.5 Å². The Morgan fingerprint density at radius 3 is 2.58 bits per heavy atom. The predicted octanol–water partition coefficient (Wildman–Crippen LogP) is 3.52. The Morgan fingerprint density at radius 2 is 1.79 bits per heavy atom. The molecule has 0 aliphatic rings. The van der Waals surface area contributed by atoms with Gasteiger partial charge in [0.2, 0.25) is 0 Å². The maximum atomic E-state index is 13.8. The first-order valence-corrected chi connectivity index (χ1v) is 5.84. The molecule has 19 heavy (non-hydrogen) atoms. The molecule has 0 spiro atoms. The van der Waals surface area contributed by atoms with E-state index in [1.165, 1.54) is 6.07 Å². The molecule has 2 heterocycles. The highest BCUT2D eigenvalue weighted by molar-refractivity contribution is 5.76. The summed E-state index contributed by atoms with van der Waals surface area (Å²) in [6, 6.07) is 5.99. The molecule has 3 aromatic rings. The van der Waals surface area contributed by atoms with Crippen LogP contribution >= 0.6 is 0 Å². The zero-order chi connectivity index (χ0) is 13.6. The van der Waals surface area contributed by atoms with Crippen LogP contribution in [0.2, 0.25) is 0 Å². The summed E-state index contributed by atoms with van der Waals surface area (Å²) < 4.78 is 27.1. The number of nitrogens with zero attached hydrogens (tertiary/aromatic N) is 2. The molecule has 0 aliphatic carbocycles. The molecule has 0 aliphatic heterocycles. The van der Waals surface area contributed by atoms with E-state index in [1.54, 1.807) is 6.92 Å². The lowest BCUT2D eigenvalue weighted by Gasteiger charge is -2.02. The molecule has 0 unspecified atom stereocenters. The van der Waals surface area contributed by atoms with Gasteiger partial charge in [-0.25, -0.2) is 18.7 Å². The summed E-state index contributed by atoms with van der Waals surface area (Å²) in [5.74, 6) is -0.848. The number of aromatic amines is 1. The smallest absolute Gasteiger partial charge is 0.178 e. The predicted molar refractivity (Wildman–Crippen MR) is 68.7 cm³/mol. The Morgan fingerprint density at radius 1 is 1.00 bits per heavy atom. The Labute approximate surface area is 108 Å². The van der Waals surface area contributed by atoms with Crippen molar-refractivity contribution in [2.75, 3.05) is 0 Å². The minimum Gasteiger partial charge on any atom is -0.336 e. The minimum atomic E-state index is -0.640. The van der Waals surface area contributed by atoms with Gasteiger partial charge in [-0.3, -0.25) is 0 Å². The second kappa shape index (κ2) is 4.12. The van der Waals surface area contributed by atoms with Crippen LogP contribution in [0.4, 0.5) is 8.78 Å². The van der Waals surface area contributed by atoms with Crippen molar-refractivity contribution < 1.29 is 8.78 Å². The summed E-state index contributed by atoms with van der Waals surface area (Å²) in [6.07, 6.45) is 0. The van der Waals surface area contributed by atoms with Crippen LogP contribution < -0.4 is 0 Å². The summed E-state index contributed by atoms with van der Waals surface area (Å²) >= 11 is 0. The van der Waals surface area contributed by atoms with Crippen LogP contribution in [-0.2, 0) is 0 Å². The number of aryl methyl sites for hydroxylation is 2. The molecule has 1 aromatic carbocycles. The van der Waals surface area contributed by atoms with Crippen LogP contribution in [0.25, 0.3) is 22.6 Å². The van der Waals surface area contributed by atoms with Crippen LogP contribution in [0.3, 0.4) is 0 Å².